The van der Waals surface area contributed by atoms with Crippen LogP contribution in [0.25, 0.3) is 0 Å². The van der Waals surface area contributed by atoms with Crippen LogP contribution < -0.4 is 5.32 Å². The van der Waals surface area contributed by atoms with Crippen molar-refractivity contribution in [2.45, 2.75) is 19.9 Å². The molecule has 14 heavy (non-hydrogen) atoms. The van der Waals surface area contributed by atoms with E-state index in [1.54, 1.807) is 13.8 Å². The lowest BCUT2D eigenvalue weighted by Crippen LogP contribution is -2.43. The average molecular weight is 203 g/mol. The van der Waals surface area contributed by atoms with Gasteiger partial charge in [0.25, 0.3) is 0 Å². The van der Waals surface area contributed by atoms with Crippen LogP contribution in [0.5, 0.6) is 0 Å². The van der Waals surface area contributed by atoms with Crippen LogP contribution in [0, 0.1) is 0 Å². The van der Waals surface area contributed by atoms with Gasteiger partial charge in [-0.2, -0.15) is 0 Å². The number of hydrogen-bond donors (Lipinski definition) is 1. The molecular weight excluding hydrogens is 190 g/mol. The first kappa shape index (κ1) is 12.4. The number of alkyl carbamates (subject to hydrolysis) is 1. The van der Waals surface area contributed by atoms with E-state index in [1.807, 2.05) is 5.32 Å². The van der Waals surface area contributed by atoms with Gasteiger partial charge in [-0.15, -0.1) is 0 Å². The maximum absolute atomic E-state index is 11.0. The molecule has 0 rings (SSSR count). The Morgan fingerprint density at radius 3 is 2.29 bits per heavy atom. The number of amides is 1. The minimum Gasteiger partial charge on any atom is -0.464 e. The zero-order chi connectivity index (χ0) is 11.0. The van der Waals surface area contributed by atoms with Crippen LogP contribution in [0.2, 0.25) is 0 Å². The molecule has 0 aliphatic carbocycles. The fourth-order valence-electron chi connectivity index (χ4n) is 0.680. The Labute approximate surface area is 81.6 Å². The van der Waals surface area contributed by atoms with Crippen molar-refractivity contribution in [1.29, 1.82) is 0 Å². The second-order valence-electron chi connectivity index (χ2n) is 2.23. The monoisotopic (exact) mass is 203 g/mol. The Bertz CT molecular complexity index is 216. The molecule has 0 aromatic rings. The normalized spacial score (nSPS) is 11.3. The lowest BCUT2D eigenvalue weighted by Gasteiger charge is -2.10. The highest BCUT2D eigenvalue weighted by atomic mass is 16.6. The van der Waals surface area contributed by atoms with E-state index in [0.29, 0.717) is 0 Å². The third kappa shape index (κ3) is 4.44. The molecule has 1 unspecified atom stereocenters. The third-order valence-electron chi connectivity index (χ3n) is 1.23. The molecule has 6 heteroatoms. The highest BCUT2D eigenvalue weighted by molar-refractivity contribution is 5.95. The molecule has 0 bridgehead atoms. The van der Waals surface area contributed by atoms with Gasteiger partial charge in [-0.3, -0.25) is 0 Å². The number of rotatable bonds is 5. The number of aldehydes is 1. The van der Waals surface area contributed by atoms with Gasteiger partial charge in [-0.1, -0.05) is 0 Å². The summed E-state index contributed by atoms with van der Waals surface area (Å²) in [7, 11) is 0. The zero-order valence-electron chi connectivity index (χ0n) is 8.11. The van der Waals surface area contributed by atoms with Crippen molar-refractivity contribution in [2.75, 3.05) is 13.2 Å². The Kier molecular flexibility index (Phi) is 6.09. The predicted molar refractivity (Wildman–Crippen MR) is 46.6 cm³/mol. The van der Waals surface area contributed by atoms with E-state index < -0.39 is 18.1 Å². The standard InChI is InChI=1S/C8H13NO5/c1-3-13-7(11)6(5-10)9-8(12)14-4-2/h5-6H,3-4H2,1-2H3,(H,9,12). The molecule has 0 fully saturated rings. The molecular formula is C8H13NO5. The molecule has 1 atom stereocenters. The van der Waals surface area contributed by atoms with Crippen LogP contribution in [0.3, 0.4) is 0 Å². The van der Waals surface area contributed by atoms with Gasteiger partial charge in [0.05, 0.1) is 13.2 Å². The van der Waals surface area contributed by atoms with Crippen molar-refractivity contribution in [1.82, 2.24) is 5.32 Å². The maximum atomic E-state index is 11.0. The summed E-state index contributed by atoms with van der Waals surface area (Å²) in [6, 6.07) is -1.30. The van der Waals surface area contributed by atoms with Crippen molar-refractivity contribution >= 4 is 18.3 Å². The molecule has 0 aromatic carbocycles. The molecule has 6 nitrogen and oxygen atoms in total. The first-order valence-electron chi connectivity index (χ1n) is 4.20. The molecule has 0 aromatic heterocycles. The molecule has 0 spiro atoms. The molecule has 0 saturated heterocycles. The van der Waals surface area contributed by atoms with Crippen LogP contribution in [-0.4, -0.2) is 37.6 Å². The van der Waals surface area contributed by atoms with Crippen molar-refractivity contribution in [2.24, 2.45) is 0 Å². The number of nitrogens with one attached hydrogen (secondary N) is 1. The summed E-state index contributed by atoms with van der Waals surface area (Å²) in [5.74, 6) is -0.796. The van der Waals surface area contributed by atoms with E-state index in [0.717, 1.165) is 0 Å². The van der Waals surface area contributed by atoms with E-state index >= 15 is 0 Å². The largest absolute Gasteiger partial charge is 0.464 e. The van der Waals surface area contributed by atoms with Gasteiger partial charge in [0.2, 0.25) is 0 Å². The molecule has 0 saturated carbocycles. The minimum absolute atomic E-state index is 0.147. The Morgan fingerprint density at radius 2 is 1.86 bits per heavy atom. The molecule has 0 radical (unpaired) electrons. The van der Waals surface area contributed by atoms with Crippen LogP contribution in [0.1, 0.15) is 13.8 Å². The fraction of sp³-hybridized carbons (Fsp3) is 0.625. The summed E-state index contributed by atoms with van der Waals surface area (Å²) in [6.45, 7) is 3.53. The highest BCUT2D eigenvalue weighted by Crippen LogP contribution is 1.87. The van der Waals surface area contributed by atoms with E-state index in [1.165, 1.54) is 0 Å². The van der Waals surface area contributed by atoms with Crippen LogP contribution in [0.15, 0.2) is 0 Å². The molecule has 0 aliphatic heterocycles. The fourth-order valence-corrected chi connectivity index (χ4v) is 0.680. The van der Waals surface area contributed by atoms with Crippen molar-refractivity contribution < 1.29 is 23.9 Å². The van der Waals surface area contributed by atoms with E-state index in [2.05, 4.69) is 9.47 Å². The number of carbonyl (C=O) groups excluding carboxylic acids is 3. The Hall–Kier alpha value is -1.59. The lowest BCUT2D eigenvalue weighted by molar-refractivity contribution is -0.146. The van der Waals surface area contributed by atoms with Gasteiger partial charge >= 0.3 is 12.1 Å². The quantitative estimate of drug-likeness (QED) is 0.382. The average Bonchev–Trinajstić information content (AvgIpc) is 2.15. The van der Waals surface area contributed by atoms with Crippen molar-refractivity contribution in [3.8, 4) is 0 Å². The second-order valence-corrected chi connectivity index (χ2v) is 2.23. The molecule has 1 amide bonds. The summed E-state index contributed by atoms with van der Waals surface area (Å²) in [5.41, 5.74) is 0. The topological polar surface area (TPSA) is 81.7 Å². The Morgan fingerprint density at radius 1 is 1.29 bits per heavy atom. The third-order valence-corrected chi connectivity index (χ3v) is 1.23. The number of esters is 1. The summed E-state index contributed by atoms with van der Waals surface area (Å²) in [5, 5.41) is 2.05. The van der Waals surface area contributed by atoms with Crippen LogP contribution in [0.4, 0.5) is 4.79 Å². The van der Waals surface area contributed by atoms with E-state index in [4.69, 9.17) is 0 Å². The predicted octanol–water partition coefficient (Wildman–Crippen LogP) is -0.137. The summed E-state index contributed by atoms with van der Waals surface area (Å²) < 4.78 is 9.02. The van der Waals surface area contributed by atoms with Gasteiger partial charge in [0, 0.05) is 0 Å². The molecule has 0 heterocycles. The van der Waals surface area contributed by atoms with E-state index in [9.17, 15) is 14.4 Å². The smallest absolute Gasteiger partial charge is 0.408 e. The summed E-state index contributed by atoms with van der Waals surface area (Å²) in [4.78, 5) is 32.2. The van der Waals surface area contributed by atoms with Crippen molar-refractivity contribution in [3.63, 3.8) is 0 Å². The molecule has 0 aliphatic rings. The first-order chi connectivity index (χ1) is 6.65. The van der Waals surface area contributed by atoms with E-state index in [-0.39, 0.29) is 19.5 Å². The second kappa shape index (κ2) is 6.88. The Balaban J connectivity index is 4.07. The van der Waals surface area contributed by atoms with Gasteiger partial charge in [0.15, 0.2) is 12.3 Å². The number of carbonyl (C=O) groups is 3. The molecule has 1 N–H and O–H groups in total. The minimum atomic E-state index is -1.30. The van der Waals surface area contributed by atoms with Gasteiger partial charge in [-0.25, -0.2) is 9.59 Å². The number of hydrogen-bond acceptors (Lipinski definition) is 5. The maximum Gasteiger partial charge on any atom is 0.408 e. The lowest BCUT2D eigenvalue weighted by atomic mass is 10.3. The van der Waals surface area contributed by atoms with Gasteiger partial charge in [0.1, 0.15) is 0 Å². The first-order valence-corrected chi connectivity index (χ1v) is 4.20. The zero-order valence-corrected chi connectivity index (χ0v) is 8.11. The summed E-state index contributed by atoms with van der Waals surface area (Å²) in [6.07, 6.45) is -0.535. The van der Waals surface area contributed by atoms with Gasteiger partial charge in [-0.05, 0) is 13.8 Å². The van der Waals surface area contributed by atoms with Gasteiger partial charge < -0.3 is 19.6 Å². The summed E-state index contributed by atoms with van der Waals surface area (Å²) >= 11 is 0. The van der Waals surface area contributed by atoms with Crippen LogP contribution in [-0.2, 0) is 19.1 Å². The molecule has 80 valence electrons. The van der Waals surface area contributed by atoms with Crippen LogP contribution >= 0.6 is 0 Å². The SMILES string of the molecule is CCOC(=O)NC(C=O)C(=O)OCC. The highest BCUT2D eigenvalue weighted by Gasteiger charge is 2.21. The number of ether oxygens (including phenoxy) is 2. The van der Waals surface area contributed by atoms with Crippen molar-refractivity contribution in [3.05, 3.63) is 0 Å².